The Morgan fingerprint density at radius 1 is 1.17 bits per heavy atom. The number of unbranched alkanes of at least 4 members (excludes halogenated alkanes) is 2. The van der Waals surface area contributed by atoms with Crippen molar-refractivity contribution in [3.8, 4) is 0 Å². The number of carbonyl (C=O) groups excluding carboxylic acids is 1. The van der Waals surface area contributed by atoms with Crippen LogP contribution in [0.5, 0.6) is 0 Å². The number of ether oxygens (including phenoxy) is 2. The third-order valence-corrected chi connectivity index (χ3v) is 6.26. The van der Waals surface area contributed by atoms with Crippen LogP contribution in [0.3, 0.4) is 0 Å². The van der Waals surface area contributed by atoms with Gasteiger partial charge in [-0.15, -0.1) is 0 Å². The molecule has 2 aliphatic rings. The monoisotopic (exact) mass is 424 g/mol. The molecule has 2 unspecified atom stereocenters. The Bertz CT molecular complexity index is 714. The van der Waals surface area contributed by atoms with E-state index in [1.54, 1.807) is 0 Å². The number of epoxide rings is 1. The molecule has 6 heteroatoms. The third-order valence-electron chi connectivity index (χ3n) is 6.26. The molecule has 30 heavy (non-hydrogen) atoms. The summed E-state index contributed by atoms with van der Waals surface area (Å²) >= 11 is 0. The van der Waals surface area contributed by atoms with Crippen LogP contribution < -0.4 is 0 Å². The van der Waals surface area contributed by atoms with Gasteiger partial charge in [0.2, 0.25) is 0 Å². The van der Waals surface area contributed by atoms with E-state index in [2.05, 4.69) is 6.92 Å². The van der Waals surface area contributed by atoms with Gasteiger partial charge in [-0.1, -0.05) is 32.3 Å². The zero-order valence-corrected chi connectivity index (χ0v) is 17.5. The molecule has 0 amide bonds. The Morgan fingerprint density at radius 3 is 2.43 bits per heavy atom. The number of benzene rings is 1. The van der Waals surface area contributed by atoms with Crippen molar-refractivity contribution in [3.63, 3.8) is 0 Å². The SMILES string of the molecule is CCCCCC(COC(=O)/C=C/C1CCC(c2cc(F)c(F)c(F)c2)CC1)C1CO1. The van der Waals surface area contributed by atoms with Crippen molar-refractivity contribution in [1.82, 2.24) is 0 Å². The van der Waals surface area contributed by atoms with Gasteiger partial charge in [-0.2, -0.15) is 0 Å². The van der Waals surface area contributed by atoms with E-state index >= 15 is 0 Å². The highest BCUT2D eigenvalue weighted by Gasteiger charge is 2.33. The number of hydrogen-bond acceptors (Lipinski definition) is 3. The number of halogens is 3. The van der Waals surface area contributed by atoms with Gasteiger partial charge < -0.3 is 9.47 Å². The number of allylic oxidation sites excluding steroid dienone is 1. The first-order valence-electron chi connectivity index (χ1n) is 11.1. The molecule has 0 aromatic heterocycles. The minimum atomic E-state index is -1.42. The van der Waals surface area contributed by atoms with Crippen molar-refractivity contribution >= 4 is 5.97 Å². The van der Waals surface area contributed by atoms with Crippen LogP contribution in [0.15, 0.2) is 24.3 Å². The highest BCUT2D eigenvalue weighted by molar-refractivity contribution is 5.81. The van der Waals surface area contributed by atoms with Crippen molar-refractivity contribution in [2.45, 2.75) is 70.3 Å². The fourth-order valence-corrected chi connectivity index (χ4v) is 4.27. The third kappa shape index (κ3) is 6.59. The summed E-state index contributed by atoms with van der Waals surface area (Å²) < 4.78 is 50.9. The van der Waals surface area contributed by atoms with E-state index in [9.17, 15) is 18.0 Å². The number of rotatable bonds is 10. The summed E-state index contributed by atoms with van der Waals surface area (Å²) in [5, 5.41) is 0. The molecule has 3 rings (SSSR count). The minimum absolute atomic E-state index is 0.00798. The summed E-state index contributed by atoms with van der Waals surface area (Å²) in [5.41, 5.74) is 0.504. The maximum Gasteiger partial charge on any atom is 0.330 e. The molecule has 1 saturated heterocycles. The predicted molar refractivity (Wildman–Crippen MR) is 108 cm³/mol. The van der Waals surface area contributed by atoms with Crippen molar-refractivity contribution in [1.29, 1.82) is 0 Å². The van der Waals surface area contributed by atoms with Gasteiger partial charge in [-0.3, -0.25) is 0 Å². The lowest BCUT2D eigenvalue weighted by molar-refractivity contribution is -0.139. The maximum absolute atomic E-state index is 13.5. The smallest absolute Gasteiger partial charge is 0.330 e. The molecule has 0 N–H and O–H groups in total. The van der Waals surface area contributed by atoms with E-state index in [1.807, 2.05) is 6.08 Å². The van der Waals surface area contributed by atoms with E-state index in [0.717, 1.165) is 63.7 Å². The minimum Gasteiger partial charge on any atom is -0.462 e. The van der Waals surface area contributed by atoms with E-state index in [4.69, 9.17) is 9.47 Å². The average Bonchev–Trinajstić information content (AvgIpc) is 3.58. The second-order valence-corrected chi connectivity index (χ2v) is 8.53. The fraction of sp³-hybridized carbons (Fsp3) is 0.625. The topological polar surface area (TPSA) is 38.8 Å². The Hall–Kier alpha value is -1.82. The largest absolute Gasteiger partial charge is 0.462 e. The average molecular weight is 425 g/mol. The van der Waals surface area contributed by atoms with Crippen LogP contribution in [0, 0.1) is 29.3 Å². The van der Waals surface area contributed by atoms with Gasteiger partial charge in [0.1, 0.15) is 0 Å². The molecule has 0 radical (unpaired) electrons. The van der Waals surface area contributed by atoms with Crippen molar-refractivity contribution in [3.05, 3.63) is 47.3 Å². The fourth-order valence-electron chi connectivity index (χ4n) is 4.27. The van der Waals surface area contributed by atoms with Crippen LogP contribution in [-0.4, -0.2) is 25.3 Å². The normalized spacial score (nSPS) is 24.7. The first-order chi connectivity index (χ1) is 14.5. The summed E-state index contributed by atoms with van der Waals surface area (Å²) in [6, 6.07) is 2.19. The van der Waals surface area contributed by atoms with Crippen LogP contribution in [-0.2, 0) is 14.3 Å². The summed E-state index contributed by atoms with van der Waals surface area (Å²) in [4.78, 5) is 12.1. The zero-order chi connectivity index (χ0) is 21.5. The second-order valence-electron chi connectivity index (χ2n) is 8.53. The van der Waals surface area contributed by atoms with Gasteiger partial charge >= 0.3 is 5.97 Å². The van der Waals surface area contributed by atoms with Gasteiger partial charge in [0.25, 0.3) is 0 Å². The van der Waals surface area contributed by atoms with E-state index in [1.165, 1.54) is 12.5 Å². The summed E-state index contributed by atoms with van der Waals surface area (Å²) in [5.74, 6) is -3.51. The predicted octanol–water partition coefficient (Wildman–Crippen LogP) is 6.07. The zero-order valence-electron chi connectivity index (χ0n) is 17.5. The maximum atomic E-state index is 13.5. The van der Waals surface area contributed by atoms with Gasteiger partial charge in [-0.05, 0) is 61.6 Å². The molecule has 0 bridgehead atoms. The van der Waals surface area contributed by atoms with Gasteiger partial charge in [-0.25, -0.2) is 18.0 Å². The number of carbonyl (C=O) groups is 1. The molecule has 166 valence electrons. The molecule has 0 spiro atoms. The molecule has 1 aliphatic heterocycles. The quantitative estimate of drug-likeness (QED) is 0.150. The van der Waals surface area contributed by atoms with Crippen molar-refractivity contribution < 1.29 is 27.4 Å². The molecule has 1 heterocycles. The molecular formula is C24H31F3O3. The summed E-state index contributed by atoms with van der Waals surface area (Å²) in [6.45, 7) is 3.32. The van der Waals surface area contributed by atoms with Crippen LogP contribution >= 0.6 is 0 Å². The van der Waals surface area contributed by atoms with E-state index in [-0.39, 0.29) is 29.8 Å². The van der Waals surface area contributed by atoms with Crippen molar-refractivity contribution in [2.75, 3.05) is 13.2 Å². The molecule has 3 nitrogen and oxygen atoms in total. The molecule has 1 aliphatic carbocycles. The molecule has 2 atom stereocenters. The summed E-state index contributed by atoms with van der Waals surface area (Å²) in [6.07, 6.45) is 11.2. The lowest BCUT2D eigenvalue weighted by Crippen LogP contribution is -2.18. The second kappa shape index (κ2) is 11.0. The standard InChI is InChI=1S/C24H31F3O3/c1-2-3-4-5-18(22-15-29-22)14-30-23(28)11-8-16-6-9-17(10-7-16)19-12-20(25)24(27)21(26)13-19/h8,11-13,16-18,22H,2-7,9-10,14-15H2,1H3/b11-8+. The molecule has 2 fully saturated rings. The highest BCUT2D eigenvalue weighted by Crippen LogP contribution is 2.37. The molecule has 1 aromatic carbocycles. The molecule has 1 aromatic rings. The molecule has 1 saturated carbocycles. The van der Waals surface area contributed by atoms with E-state index < -0.39 is 17.5 Å². The highest BCUT2D eigenvalue weighted by atomic mass is 19.2. The van der Waals surface area contributed by atoms with Crippen LogP contribution in [0.1, 0.15) is 69.8 Å². The van der Waals surface area contributed by atoms with E-state index in [0.29, 0.717) is 12.2 Å². The number of esters is 1. The lowest BCUT2D eigenvalue weighted by atomic mass is 9.78. The number of hydrogen-bond donors (Lipinski definition) is 0. The lowest BCUT2D eigenvalue weighted by Gasteiger charge is -2.27. The van der Waals surface area contributed by atoms with Crippen molar-refractivity contribution in [2.24, 2.45) is 11.8 Å². The Morgan fingerprint density at radius 2 is 1.83 bits per heavy atom. The van der Waals surface area contributed by atoms with Crippen LogP contribution in [0.4, 0.5) is 13.2 Å². The first kappa shape index (κ1) is 22.9. The van der Waals surface area contributed by atoms with Crippen LogP contribution in [0.2, 0.25) is 0 Å². The van der Waals surface area contributed by atoms with Gasteiger partial charge in [0.15, 0.2) is 17.5 Å². The Balaban J connectivity index is 1.41. The van der Waals surface area contributed by atoms with Gasteiger partial charge in [0, 0.05) is 12.0 Å². The van der Waals surface area contributed by atoms with Crippen LogP contribution in [0.25, 0.3) is 0 Å². The Labute approximate surface area is 176 Å². The Kier molecular flexibility index (Phi) is 8.37. The van der Waals surface area contributed by atoms with Gasteiger partial charge in [0.05, 0.1) is 19.3 Å². The molecular weight excluding hydrogens is 393 g/mol. The first-order valence-corrected chi connectivity index (χ1v) is 11.1. The summed E-state index contributed by atoms with van der Waals surface area (Å²) in [7, 11) is 0.